The average molecular weight is 576 g/mol. The number of unbranched alkanes of at least 4 members (excludes halogenated alkanes) is 1. The summed E-state index contributed by atoms with van der Waals surface area (Å²) in [6.45, 7) is 5.33. The highest BCUT2D eigenvalue weighted by molar-refractivity contribution is 6.04. The highest BCUT2D eigenvalue weighted by Gasteiger charge is 2.31. The Kier molecular flexibility index (Phi) is 9.12. The number of carbonyl (C=O) groups is 1. The van der Waals surface area contributed by atoms with E-state index in [1.165, 1.54) is 38.1 Å². The molecule has 1 fully saturated rings. The third-order valence-electron chi connectivity index (χ3n) is 7.17. The van der Waals surface area contributed by atoms with E-state index in [0.29, 0.717) is 28.6 Å². The zero-order valence-electron chi connectivity index (χ0n) is 23.3. The molecule has 2 aromatic carbocycles. The molecular formula is C32H32F3N5O2. The third kappa shape index (κ3) is 7.50. The van der Waals surface area contributed by atoms with Gasteiger partial charge in [0.1, 0.15) is 11.6 Å². The Balaban J connectivity index is 1.25. The number of aromatic nitrogens is 3. The molecule has 0 aliphatic carbocycles. The fourth-order valence-corrected chi connectivity index (χ4v) is 4.95. The van der Waals surface area contributed by atoms with Crippen molar-refractivity contribution in [3.8, 4) is 22.9 Å². The lowest BCUT2D eigenvalue weighted by Crippen LogP contribution is -2.20. The molecule has 0 unspecified atom stereocenters. The van der Waals surface area contributed by atoms with Crippen LogP contribution < -0.4 is 10.1 Å². The minimum atomic E-state index is -4.53. The number of hydrogen-bond acceptors (Lipinski definition) is 6. The Bertz CT molecular complexity index is 1540. The van der Waals surface area contributed by atoms with Gasteiger partial charge in [0.05, 0.1) is 16.8 Å². The molecule has 1 amide bonds. The van der Waals surface area contributed by atoms with Gasteiger partial charge in [-0.3, -0.25) is 4.79 Å². The molecule has 0 spiro atoms. The van der Waals surface area contributed by atoms with Gasteiger partial charge < -0.3 is 15.0 Å². The monoisotopic (exact) mass is 575 g/mol. The molecule has 218 valence electrons. The van der Waals surface area contributed by atoms with Gasteiger partial charge in [0.15, 0.2) is 0 Å². The van der Waals surface area contributed by atoms with Gasteiger partial charge in [-0.05, 0) is 112 Å². The lowest BCUT2D eigenvalue weighted by molar-refractivity contribution is -0.137. The first kappa shape index (κ1) is 29.2. The summed E-state index contributed by atoms with van der Waals surface area (Å²) in [6.07, 6.45) is 4.38. The van der Waals surface area contributed by atoms with E-state index in [-0.39, 0.29) is 5.56 Å². The van der Waals surface area contributed by atoms with Crippen molar-refractivity contribution in [1.29, 1.82) is 0 Å². The number of rotatable bonds is 10. The van der Waals surface area contributed by atoms with Crippen molar-refractivity contribution in [2.75, 3.05) is 25.0 Å². The molecule has 1 saturated heterocycles. The molecule has 4 aromatic rings. The summed E-state index contributed by atoms with van der Waals surface area (Å²) in [5, 5.41) is 2.65. The number of nitrogens with zero attached hydrogens (tertiary/aromatic N) is 4. The topological polar surface area (TPSA) is 80.2 Å². The van der Waals surface area contributed by atoms with Crippen LogP contribution in [-0.4, -0.2) is 45.4 Å². The molecule has 0 atom stereocenters. The van der Waals surface area contributed by atoms with Gasteiger partial charge in [-0.15, -0.1) is 0 Å². The smallest absolute Gasteiger partial charge is 0.416 e. The van der Waals surface area contributed by atoms with Crippen LogP contribution in [0.3, 0.4) is 0 Å². The van der Waals surface area contributed by atoms with Crippen LogP contribution in [0.2, 0.25) is 0 Å². The first-order valence-corrected chi connectivity index (χ1v) is 14.0. The number of pyridine rings is 1. The fourth-order valence-electron chi connectivity index (χ4n) is 4.95. The van der Waals surface area contributed by atoms with E-state index >= 15 is 0 Å². The van der Waals surface area contributed by atoms with Crippen LogP contribution in [-0.2, 0) is 12.6 Å². The van der Waals surface area contributed by atoms with Crippen LogP contribution in [0.1, 0.15) is 53.0 Å². The van der Waals surface area contributed by atoms with Crippen LogP contribution in [0.25, 0.3) is 11.3 Å². The zero-order chi connectivity index (χ0) is 29.5. The largest absolute Gasteiger partial charge is 0.438 e. The minimum absolute atomic E-state index is 0.0863. The molecule has 1 aliphatic rings. The number of benzene rings is 2. The van der Waals surface area contributed by atoms with Gasteiger partial charge in [0.25, 0.3) is 5.91 Å². The molecular weight excluding hydrogens is 543 g/mol. The molecule has 0 bridgehead atoms. The van der Waals surface area contributed by atoms with Crippen molar-refractivity contribution in [3.05, 3.63) is 95.6 Å². The molecule has 10 heteroatoms. The highest BCUT2D eigenvalue weighted by atomic mass is 19.4. The number of likely N-dealkylation sites (tertiary alicyclic amines) is 1. The number of ether oxygens (including phenoxy) is 1. The summed E-state index contributed by atoms with van der Waals surface area (Å²) in [4.78, 5) is 28.8. The SMILES string of the molecule is Cc1cc(NC(=O)c2cccc(C(F)(F)F)c2)ccc1Oc1ncccc1-c1ccnc(CCCCN2CCCC2)n1. The second-order valence-electron chi connectivity index (χ2n) is 10.3. The minimum Gasteiger partial charge on any atom is -0.438 e. The van der Waals surface area contributed by atoms with Crippen molar-refractivity contribution in [2.45, 2.75) is 45.2 Å². The van der Waals surface area contributed by atoms with E-state index in [0.717, 1.165) is 49.3 Å². The zero-order valence-corrected chi connectivity index (χ0v) is 23.3. The van der Waals surface area contributed by atoms with Crippen molar-refractivity contribution >= 4 is 11.6 Å². The Hall–Kier alpha value is -4.31. The summed E-state index contributed by atoms with van der Waals surface area (Å²) in [7, 11) is 0. The second kappa shape index (κ2) is 13.1. The first-order valence-electron chi connectivity index (χ1n) is 14.0. The number of anilines is 1. The summed E-state index contributed by atoms with van der Waals surface area (Å²) in [6, 6.07) is 14.8. The predicted molar refractivity (Wildman–Crippen MR) is 155 cm³/mol. The van der Waals surface area contributed by atoms with Crippen LogP contribution in [0.15, 0.2) is 73.1 Å². The summed E-state index contributed by atoms with van der Waals surface area (Å²) >= 11 is 0. The predicted octanol–water partition coefficient (Wildman–Crippen LogP) is 7.33. The second-order valence-corrected chi connectivity index (χ2v) is 10.3. The Morgan fingerprint density at radius 3 is 2.60 bits per heavy atom. The summed E-state index contributed by atoms with van der Waals surface area (Å²) < 4.78 is 45.3. The van der Waals surface area contributed by atoms with E-state index in [1.54, 1.807) is 30.6 Å². The number of alkyl halides is 3. The average Bonchev–Trinajstić information content (AvgIpc) is 3.50. The number of hydrogen-bond donors (Lipinski definition) is 1. The number of nitrogens with one attached hydrogen (secondary N) is 1. The quantitative estimate of drug-likeness (QED) is 0.200. The van der Waals surface area contributed by atoms with Gasteiger partial charge in [-0.1, -0.05) is 6.07 Å². The van der Waals surface area contributed by atoms with Crippen LogP contribution in [0.4, 0.5) is 18.9 Å². The van der Waals surface area contributed by atoms with E-state index in [9.17, 15) is 18.0 Å². The molecule has 42 heavy (non-hydrogen) atoms. The number of halogens is 3. The van der Waals surface area contributed by atoms with E-state index in [2.05, 4.69) is 20.2 Å². The maximum atomic E-state index is 13.0. The maximum Gasteiger partial charge on any atom is 0.416 e. The van der Waals surface area contributed by atoms with Crippen LogP contribution in [0, 0.1) is 6.92 Å². The number of aryl methyl sites for hydroxylation is 2. The maximum absolute atomic E-state index is 13.0. The normalized spacial score (nSPS) is 13.7. The molecule has 0 saturated carbocycles. The van der Waals surface area contributed by atoms with Crippen LogP contribution in [0.5, 0.6) is 11.6 Å². The van der Waals surface area contributed by atoms with Crippen molar-refractivity contribution in [2.24, 2.45) is 0 Å². The number of carbonyl (C=O) groups excluding carboxylic acids is 1. The third-order valence-corrected chi connectivity index (χ3v) is 7.17. The summed E-state index contributed by atoms with van der Waals surface area (Å²) in [5.41, 5.74) is 1.60. The van der Waals surface area contributed by atoms with Gasteiger partial charge in [0, 0.05) is 30.1 Å². The molecule has 3 heterocycles. The Labute approximate surface area is 242 Å². The first-order chi connectivity index (χ1) is 20.3. The van der Waals surface area contributed by atoms with Gasteiger partial charge in [-0.2, -0.15) is 13.2 Å². The summed E-state index contributed by atoms with van der Waals surface area (Å²) in [5.74, 6) is 1.03. The van der Waals surface area contributed by atoms with Crippen LogP contribution >= 0.6 is 0 Å². The molecule has 1 N–H and O–H groups in total. The van der Waals surface area contributed by atoms with Gasteiger partial charge in [-0.25, -0.2) is 15.0 Å². The number of amides is 1. The highest BCUT2D eigenvalue weighted by Crippen LogP contribution is 2.33. The Morgan fingerprint density at radius 1 is 0.976 bits per heavy atom. The van der Waals surface area contributed by atoms with E-state index in [4.69, 9.17) is 9.72 Å². The van der Waals surface area contributed by atoms with Crippen molar-refractivity contribution in [3.63, 3.8) is 0 Å². The lowest BCUT2D eigenvalue weighted by atomic mass is 10.1. The van der Waals surface area contributed by atoms with Gasteiger partial charge >= 0.3 is 6.18 Å². The Morgan fingerprint density at radius 2 is 1.81 bits per heavy atom. The molecule has 5 rings (SSSR count). The molecule has 2 aromatic heterocycles. The van der Waals surface area contributed by atoms with E-state index in [1.807, 2.05) is 25.1 Å². The standard InChI is InChI=1S/C32H32F3N5O2/c1-22-20-25(38-30(41)23-8-6-9-24(21-23)32(33,34)35)12-13-28(22)42-31-26(10-7-15-37-31)27-14-16-36-29(39-27)11-2-3-17-40-18-4-5-19-40/h6-10,12-16,20-21H,2-5,11,17-19H2,1H3,(H,38,41). The fraction of sp³-hybridized carbons (Fsp3) is 0.312. The molecule has 1 aliphatic heterocycles. The van der Waals surface area contributed by atoms with Crippen molar-refractivity contribution < 1.29 is 22.7 Å². The lowest BCUT2D eigenvalue weighted by Gasteiger charge is -2.14. The molecule has 7 nitrogen and oxygen atoms in total. The van der Waals surface area contributed by atoms with Crippen molar-refractivity contribution in [1.82, 2.24) is 19.9 Å². The molecule has 0 radical (unpaired) electrons. The van der Waals surface area contributed by atoms with E-state index < -0.39 is 17.6 Å². The van der Waals surface area contributed by atoms with Gasteiger partial charge in [0.2, 0.25) is 5.88 Å².